The van der Waals surface area contributed by atoms with Crippen molar-refractivity contribution in [1.82, 2.24) is 9.80 Å². The van der Waals surface area contributed by atoms with Crippen LogP contribution in [0.5, 0.6) is 0 Å². The Morgan fingerprint density at radius 1 is 0.529 bits per heavy atom. The predicted octanol–water partition coefficient (Wildman–Crippen LogP) is 6.83. The van der Waals surface area contributed by atoms with Gasteiger partial charge in [-0.05, 0) is 52.6 Å². The van der Waals surface area contributed by atoms with Crippen LogP contribution in [0, 0.1) is 0 Å². The maximum Gasteiger partial charge on any atom is 2.00 e. The van der Waals surface area contributed by atoms with Crippen LogP contribution in [0.3, 0.4) is 0 Å². The van der Waals surface area contributed by atoms with Crippen molar-refractivity contribution in [2.45, 2.75) is 101 Å². The van der Waals surface area contributed by atoms with E-state index in [4.69, 9.17) is 0 Å². The summed E-state index contributed by atoms with van der Waals surface area (Å²) in [4.78, 5) is 29.6. The van der Waals surface area contributed by atoms with Crippen LogP contribution >= 0.6 is 0 Å². The van der Waals surface area contributed by atoms with E-state index in [0.717, 1.165) is 60.8 Å². The molecule has 6 nitrogen and oxygen atoms in total. The molecule has 6 unspecified atom stereocenters. The number of hydrogen-bond acceptors (Lipinski definition) is 6. The van der Waals surface area contributed by atoms with Crippen LogP contribution in [0.4, 0.5) is 0 Å². The number of rotatable bonds is 12. The van der Waals surface area contributed by atoms with Crippen LogP contribution in [0.1, 0.15) is 108 Å². The molecule has 4 aromatic carbocycles. The molecule has 7 heteroatoms. The van der Waals surface area contributed by atoms with Crippen molar-refractivity contribution in [2.24, 2.45) is 0 Å². The van der Waals surface area contributed by atoms with Crippen LogP contribution in [0.25, 0.3) is 0 Å². The van der Waals surface area contributed by atoms with Crippen molar-refractivity contribution in [2.75, 3.05) is 14.1 Å². The van der Waals surface area contributed by atoms with Gasteiger partial charge in [0.15, 0.2) is 11.6 Å². The summed E-state index contributed by atoms with van der Waals surface area (Å²) >= 11 is 0. The molecule has 2 saturated heterocycles. The van der Waals surface area contributed by atoms with Gasteiger partial charge in [0.1, 0.15) is 0 Å². The molecule has 4 aromatic rings. The third-order valence-electron chi connectivity index (χ3n) is 10.8. The fourth-order valence-electron chi connectivity index (χ4n) is 7.66. The molecule has 6 atom stereocenters. The van der Waals surface area contributed by atoms with E-state index in [1.54, 1.807) is 0 Å². The second-order valence-corrected chi connectivity index (χ2v) is 14.1. The number of hydrogen-bond donors (Lipinski definition) is 0. The van der Waals surface area contributed by atoms with Crippen molar-refractivity contribution >= 4 is 34.6 Å². The first-order valence-corrected chi connectivity index (χ1v) is 18.3. The monoisotopic (exact) mass is 696 g/mol. The van der Waals surface area contributed by atoms with E-state index >= 15 is 0 Å². The predicted molar refractivity (Wildman–Crippen MR) is 203 cm³/mol. The van der Waals surface area contributed by atoms with E-state index in [1.807, 2.05) is 121 Å². The van der Waals surface area contributed by atoms with Gasteiger partial charge in [-0.15, -0.1) is 0 Å². The normalized spacial score (nSPS) is 22.0. The maximum absolute atomic E-state index is 12.6. The van der Waals surface area contributed by atoms with Gasteiger partial charge in [-0.2, -0.15) is 0 Å². The molecule has 2 heterocycles. The Labute approximate surface area is 321 Å². The molecule has 0 amide bonds. The van der Waals surface area contributed by atoms with Gasteiger partial charge in [0, 0.05) is 48.1 Å². The van der Waals surface area contributed by atoms with Crippen molar-refractivity contribution in [1.29, 1.82) is 0 Å². The Bertz CT molecular complexity index is 1470. The first-order chi connectivity index (χ1) is 24.3. The van der Waals surface area contributed by atoms with Crippen molar-refractivity contribution < 1.29 is 19.8 Å². The number of piperidine rings is 2. The molecular weight excluding hydrogens is 645 g/mol. The molecule has 0 spiro atoms. The number of likely N-dealkylation sites (tertiary alicyclic amines) is 2. The van der Waals surface area contributed by atoms with Gasteiger partial charge >= 0.3 is 23.1 Å². The fraction of sp³-hybridized carbons (Fsp3) is 0.409. The Kier molecular flexibility index (Phi) is 16.5. The zero-order valence-corrected chi connectivity index (χ0v) is 31.7. The van der Waals surface area contributed by atoms with E-state index < -0.39 is 12.2 Å². The molecular formula is C44H52MgN2O4. The fourth-order valence-corrected chi connectivity index (χ4v) is 7.66. The molecule has 264 valence electrons. The van der Waals surface area contributed by atoms with Crippen molar-refractivity contribution in [3.63, 3.8) is 0 Å². The van der Waals surface area contributed by atoms with Gasteiger partial charge < -0.3 is 20.0 Å². The molecule has 2 fully saturated rings. The smallest absolute Gasteiger partial charge is 0.848 e. The van der Waals surface area contributed by atoms with Crippen LogP contribution in [0.15, 0.2) is 121 Å². The number of carbonyl (C=O) groups excluding carboxylic acids is 2. The Morgan fingerprint density at radius 2 is 0.824 bits per heavy atom. The SMILES string of the molecule is CN1C(CC(=O)c2ccccc2)CCCC1CC([O-])c1ccccc1.CN1C(CC(=O)c2ccccc2)CCCC1CC([O-])c1ccccc1.[Mg+2]. The summed E-state index contributed by atoms with van der Waals surface area (Å²) in [6, 6.07) is 39.2. The Hall–Kier alpha value is -3.17. The van der Waals surface area contributed by atoms with Gasteiger partial charge in [-0.25, -0.2) is 0 Å². The van der Waals surface area contributed by atoms with E-state index in [1.165, 1.54) is 0 Å². The molecule has 0 bridgehead atoms. The van der Waals surface area contributed by atoms with Crippen LogP contribution in [-0.4, -0.2) is 82.7 Å². The number of Topliss-reactive ketones (excluding diaryl/α,β-unsaturated/α-hetero) is 2. The van der Waals surface area contributed by atoms with Gasteiger partial charge in [0.25, 0.3) is 0 Å². The van der Waals surface area contributed by atoms with Gasteiger partial charge in [-0.1, -0.05) is 158 Å². The molecule has 0 N–H and O–H groups in total. The quantitative estimate of drug-likeness (QED) is 0.119. The summed E-state index contributed by atoms with van der Waals surface area (Å²) in [5.41, 5.74) is 3.28. The largest absolute Gasteiger partial charge is 2.00 e. The van der Waals surface area contributed by atoms with Crippen LogP contribution in [0.2, 0.25) is 0 Å². The minimum absolute atomic E-state index is 0. The third-order valence-corrected chi connectivity index (χ3v) is 10.8. The number of carbonyl (C=O) groups is 2. The van der Waals surface area contributed by atoms with E-state index in [9.17, 15) is 19.8 Å². The van der Waals surface area contributed by atoms with E-state index in [0.29, 0.717) is 25.7 Å². The second kappa shape index (κ2) is 20.8. The molecule has 0 aliphatic carbocycles. The van der Waals surface area contributed by atoms with Crippen molar-refractivity contribution in [3.8, 4) is 0 Å². The summed E-state index contributed by atoms with van der Waals surface area (Å²) in [7, 11) is 4.15. The number of ketones is 2. The summed E-state index contributed by atoms with van der Waals surface area (Å²) in [6.45, 7) is 0. The van der Waals surface area contributed by atoms with E-state index in [-0.39, 0.29) is 58.8 Å². The third kappa shape index (κ3) is 11.9. The van der Waals surface area contributed by atoms with Crippen molar-refractivity contribution in [3.05, 3.63) is 144 Å². The summed E-state index contributed by atoms with van der Waals surface area (Å²) < 4.78 is 0. The van der Waals surface area contributed by atoms with Gasteiger partial charge in [0.2, 0.25) is 0 Å². The molecule has 6 rings (SSSR count). The maximum atomic E-state index is 12.6. The zero-order chi connectivity index (χ0) is 35.3. The Morgan fingerprint density at radius 3 is 1.16 bits per heavy atom. The molecule has 0 radical (unpaired) electrons. The first-order valence-electron chi connectivity index (χ1n) is 18.3. The summed E-state index contributed by atoms with van der Waals surface area (Å²) in [5, 5.41) is 25.2. The molecule has 0 saturated carbocycles. The first kappa shape index (κ1) is 40.6. The molecule has 2 aliphatic rings. The van der Waals surface area contributed by atoms with Gasteiger partial charge in [0.05, 0.1) is 0 Å². The minimum atomic E-state index is -0.697. The van der Waals surface area contributed by atoms with Crippen LogP contribution < -0.4 is 10.2 Å². The summed E-state index contributed by atoms with van der Waals surface area (Å²) in [6.07, 6.45) is 7.20. The van der Waals surface area contributed by atoms with E-state index in [2.05, 4.69) is 23.9 Å². The minimum Gasteiger partial charge on any atom is -0.848 e. The second-order valence-electron chi connectivity index (χ2n) is 14.1. The molecule has 2 aliphatic heterocycles. The van der Waals surface area contributed by atoms with Gasteiger partial charge in [-0.3, -0.25) is 9.59 Å². The standard InChI is InChI=1S/2C22H26NO2.Mg/c2*1-23-19(15-21(24)17-9-4-2-5-10-17)13-8-14-20(23)16-22(25)18-11-6-3-7-12-18;/h2*2-7,9-12,19-21H,8,13-16H2,1H3;/q2*-1;+2. The Balaban J connectivity index is 0.000000224. The molecule has 51 heavy (non-hydrogen) atoms. The van der Waals surface area contributed by atoms with Crippen LogP contribution in [-0.2, 0) is 0 Å². The average molecular weight is 697 g/mol. The summed E-state index contributed by atoms with van der Waals surface area (Å²) in [5.74, 6) is 0.389. The zero-order valence-electron chi connectivity index (χ0n) is 30.3. The topological polar surface area (TPSA) is 86.7 Å². The number of benzene rings is 4. The molecule has 0 aromatic heterocycles. The number of nitrogens with zero attached hydrogens (tertiary/aromatic N) is 2. The average Bonchev–Trinajstić information content (AvgIpc) is 3.16.